The van der Waals surface area contributed by atoms with E-state index in [9.17, 15) is 40.3 Å². The Hall–Kier alpha value is -5.65. The molecule has 255 valence electrons. The molecule has 0 unspecified atom stereocenters. The first-order valence-corrected chi connectivity index (χ1v) is 14.3. The molecule has 6 rings (SSSR count). The SMILES string of the molecule is CC1=NN(c2ccccc2)C(=O)C1=NN=C1C=C(N([O-])[O-])C=CC1=O.Cc1nn(-c2ccccc2)c([O-])c1N=Nc1cc([N+](=O)[O-])ccc1[O-].[Cr+3].[Na+]. The Labute approximate surface area is 327 Å². The van der Waals surface area contributed by atoms with Crippen LogP contribution in [-0.2, 0) is 27.0 Å². The summed E-state index contributed by atoms with van der Waals surface area (Å²) in [5.41, 5.74) is 0.713. The standard InChI is InChI=1S/C16H13N5O4.C16H11N5O4.Cr.Na/c2*1-10-15(16(23)20(19-10)11-5-3-2-4-6-11)18-17-13-9-12(21(24)25)7-8-14(13)22;;/h2-9,22-23H,1H3;2-9H,1H3;;/q;-2;+3;+1/p-2. The Kier molecular flexibility index (Phi) is 14.1. The molecule has 0 N–H and O–H groups in total. The Morgan fingerprint density at radius 2 is 1.48 bits per heavy atom. The number of ketones is 1. The molecule has 4 aromatic rings. The summed E-state index contributed by atoms with van der Waals surface area (Å²) in [6, 6.07) is 20.6. The van der Waals surface area contributed by atoms with Gasteiger partial charge in [-0.2, -0.15) is 20.3 Å². The van der Waals surface area contributed by atoms with Crippen LogP contribution in [-0.4, -0.2) is 48.8 Å². The molecule has 0 atom stereocenters. The number of nitro groups is 1. The molecule has 0 saturated carbocycles. The van der Waals surface area contributed by atoms with Crippen LogP contribution in [0.25, 0.3) is 5.69 Å². The molecule has 2 heterocycles. The number of hydroxylamine groups is 2. The van der Waals surface area contributed by atoms with Crippen LogP contribution in [0.2, 0.25) is 0 Å². The number of amides is 1. The number of non-ortho nitro benzene ring substituents is 1. The maximum atomic E-state index is 12.4. The molecule has 0 spiro atoms. The number of aryl methyl sites for hydroxylation is 1. The molecule has 1 aliphatic carbocycles. The van der Waals surface area contributed by atoms with Crippen LogP contribution in [0.3, 0.4) is 0 Å². The first-order chi connectivity index (χ1) is 23.9. The summed E-state index contributed by atoms with van der Waals surface area (Å²) in [5, 5.41) is 80.3. The van der Waals surface area contributed by atoms with Gasteiger partial charge in [0.05, 0.1) is 33.4 Å². The first kappa shape index (κ1) is 40.8. The molecular formula is C32H22CrN10NaO8. The van der Waals surface area contributed by atoms with Crippen LogP contribution in [0.5, 0.6) is 11.6 Å². The maximum absolute atomic E-state index is 12.4. The zero-order valence-electron chi connectivity index (χ0n) is 27.4. The van der Waals surface area contributed by atoms with Crippen LogP contribution in [0.4, 0.5) is 22.7 Å². The molecule has 20 heteroatoms. The van der Waals surface area contributed by atoms with Crippen LogP contribution >= 0.6 is 0 Å². The fourth-order valence-electron chi connectivity index (χ4n) is 4.32. The van der Waals surface area contributed by atoms with Gasteiger partial charge in [0.25, 0.3) is 5.69 Å². The third kappa shape index (κ3) is 9.36. The number of hydrogen-bond donors (Lipinski definition) is 0. The fourth-order valence-corrected chi connectivity index (χ4v) is 4.32. The second kappa shape index (κ2) is 18.0. The molecule has 3 aromatic carbocycles. The molecule has 0 bridgehead atoms. The largest absolute Gasteiger partial charge is 3.00 e. The molecule has 52 heavy (non-hydrogen) atoms. The van der Waals surface area contributed by atoms with E-state index in [0.717, 1.165) is 36.4 Å². The van der Waals surface area contributed by atoms with E-state index in [0.29, 0.717) is 22.8 Å². The Bertz CT molecular complexity index is 2170. The van der Waals surface area contributed by atoms with Crippen LogP contribution < -0.4 is 44.8 Å². The zero-order valence-corrected chi connectivity index (χ0v) is 30.7. The molecule has 1 radical (unpaired) electrons. The van der Waals surface area contributed by atoms with Gasteiger partial charge in [0.2, 0.25) is 5.78 Å². The van der Waals surface area contributed by atoms with Crippen LogP contribution in [0, 0.1) is 27.5 Å². The summed E-state index contributed by atoms with van der Waals surface area (Å²) in [6.07, 6.45) is 3.12. The predicted molar refractivity (Wildman–Crippen MR) is 177 cm³/mol. The topological polar surface area (TPSA) is 256 Å². The summed E-state index contributed by atoms with van der Waals surface area (Å²) in [6.45, 7) is 3.17. The quantitative estimate of drug-likeness (QED) is 0.0857. The number of aromatic nitrogens is 2. The monoisotopic (exact) mass is 749 g/mol. The van der Waals surface area contributed by atoms with Crippen molar-refractivity contribution in [3.63, 3.8) is 0 Å². The van der Waals surface area contributed by atoms with E-state index in [-0.39, 0.29) is 81.1 Å². The fraction of sp³-hybridized carbons (Fsp3) is 0.0625. The van der Waals surface area contributed by atoms with Gasteiger partial charge in [0.1, 0.15) is 11.4 Å². The minimum atomic E-state index is -0.643. The van der Waals surface area contributed by atoms with Gasteiger partial charge in [-0.1, -0.05) is 48.2 Å². The van der Waals surface area contributed by atoms with E-state index in [1.54, 1.807) is 62.4 Å². The number of rotatable bonds is 7. The van der Waals surface area contributed by atoms with Crippen molar-refractivity contribution < 1.29 is 71.6 Å². The van der Waals surface area contributed by atoms with Crippen molar-refractivity contribution in [1.82, 2.24) is 15.0 Å². The van der Waals surface area contributed by atoms with Crippen molar-refractivity contribution >= 4 is 51.6 Å². The van der Waals surface area contributed by atoms with E-state index in [1.807, 2.05) is 12.1 Å². The summed E-state index contributed by atoms with van der Waals surface area (Å²) in [7, 11) is 0. The number of azo groups is 1. The second-order valence-electron chi connectivity index (χ2n) is 10.2. The average Bonchev–Trinajstić information content (AvgIpc) is 3.56. The number of nitro benzene ring substituents is 1. The normalized spacial score (nSPS) is 15.1. The van der Waals surface area contributed by atoms with E-state index in [2.05, 4.69) is 30.6 Å². The maximum Gasteiger partial charge on any atom is 3.00 e. The Morgan fingerprint density at radius 1 is 0.846 bits per heavy atom. The van der Waals surface area contributed by atoms with Gasteiger partial charge in [0.15, 0.2) is 5.71 Å². The summed E-state index contributed by atoms with van der Waals surface area (Å²) in [5.74, 6) is -2.06. The minimum absolute atomic E-state index is 0. The number of para-hydroxylation sites is 2. The van der Waals surface area contributed by atoms with Gasteiger partial charge in [-0.15, -0.1) is 15.3 Å². The predicted octanol–water partition coefficient (Wildman–Crippen LogP) is 1.18. The third-order valence-electron chi connectivity index (χ3n) is 6.80. The number of nitrogens with zero attached hydrogens (tertiary/aromatic N) is 10. The van der Waals surface area contributed by atoms with Crippen molar-refractivity contribution in [2.45, 2.75) is 13.8 Å². The van der Waals surface area contributed by atoms with Gasteiger partial charge >= 0.3 is 52.8 Å². The van der Waals surface area contributed by atoms with E-state index in [4.69, 9.17) is 0 Å². The van der Waals surface area contributed by atoms with Crippen molar-refractivity contribution in [2.75, 3.05) is 5.01 Å². The van der Waals surface area contributed by atoms with Crippen molar-refractivity contribution in [1.29, 1.82) is 0 Å². The second-order valence-corrected chi connectivity index (χ2v) is 10.2. The van der Waals surface area contributed by atoms with E-state index >= 15 is 0 Å². The molecule has 1 amide bonds. The average molecular weight is 750 g/mol. The Morgan fingerprint density at radius 3 is 2.10 bits per heavy atom. The van der Waals surface area contributed by atoms with Crippen molar-refractivity contribution in [3.05, 3.63) is 129 Å². The minimum Gasteiger partial charge on any atom is -0.871 e. The van der Waals surface area contributed by atoms with Crippen LogP contribution in [0.15, 0.2) is 128 Å². The molecule has 18 nitrogen and oxygen atoms in total. The molecule has 2 aliphatic rings. The molecule has 0 fully saturated rings. The van der Waals surface area contributed by atoms with Gasteiger partial charge in [-0.3, -0.25) is 19.7 Å². The number of carbonyl (C=O) groups excluding carboxylic acids is 2. The number of hydrogen-bond acceptors (Lipinski definition) is 15. The van der Waals surface area contributed by atoms with Gasteiger partial charge in [-0.25, -0.2) is 4.68 Å². The smallest absolute Gasteiger partial charge is 0.871 e. The summed E-state index contributed by atoms with van der Waals surface area (Å²) in [4.78, 5) is 34.3. The zero-order chi connectivity index (χ0) is 35.9. The summed E-state index contributed by atoms with van der Waals surface area (Å²) < 4.78 is 1.18. The number of carbonyl (C=O) groups is 2. The van der Waals surface area contributed by atoms with E-state index in [1.165, 1.54) is 9.69 Å². The van der Waals surface area contributed by atoms with Crippen molar-refractivity contribution in [3.8, 4) is 17.3 Å². The number of hydrazone groups is 1. The molecule has 1 aliphatic heterocycles. The number of allylic oxidation sites excluding steroid dienone is 3. The number of anilines is 1. The number of benzene rings is 3. The first-order valence-electron chi connectivity index (χ1n) is 14.3. The van der Waals surface area contributed by atoms with E-state index < -0.39 is 33.5 Å². The van der Waals surface area contributed by atoms with Crippen molar-refractivity contribution in [2.24, 2.45) is 25.5 Å². The summed E-state index contributed by atoms with van der Waals surface area (Å²) >= 11 is 0. The molecule has 0 saturated heterocycles. The van der Waals surface area contributed by atoms with Crippen LogP contribution in [0.1, 0.15) is 12.6 Å². The van der Waals surface area contributed by atoms with Gasteiger partial charge in [-0.05, 0) is 56.3 Å². The Balaban J connectivity index is 0.000000270. The van der Waals surface area contributed by atoms with Gasteiger partial charge in [0, 0.05) is 23.7 Å². The molecule has 1 aromatic heterocycles. The van der Waals surface area contributed by atoms with Gasteiger partial charge < -0.3 is 25.9 Å². The molecular weight excluding hydrogens is 727 g/mol. The third-order valence-corrected chi connectivity index (χ3v) is 6.80.